The van der Waals surface area contributed by atoms with Crippen LogP contribution in [-0.2, 0) is 9.53 Å². The minimum atomic E-state index is -0.0862. The van der Waals surface area contributed by atoms with Crippen molar-refractivity contribution in [2.24, 2.45) is 0 Å². The number of hydrogen-bond donors (Lipinski definition) is 2. The van der Waals surface area contributed by atoms with Gasteiger partial charge < -0.3 is 20.1 Å². The summed E-state index contributed by atoms with van der Waals surface area (Å²) in [5, 5.41) is 6.50. The third-order valence-electron chi connectivity index (χ3n) is 3.52. The van der Waals surface area contributed by atoms with Gasteiger partial charge in [-0.15, -0.1) is 0 Å². The number of aromatic nitrogens is 1. The molecule has 1 aromatic heterocycles. The maximum Gasteiger partial charge on any atom is 0.226 e. The number of carbonyl (C=O) groups excluding carboxylic acids is 1. The highest BCUT2D eigenvalue weighted by atomic mass is 35.5. The number of nitrogens with one attached hydrogen (secondary N) is 2. The molecule has 1 fully saturated rings. The molecule has 6 nitrogen and oxygen atoms in total. The number of benzene rings is 1. The topological polar surface area (TPSA) is 72.5 Å². The molecule has 0 aliphatic carbocycles. The molecule has 2 aromatic rings. The van der Waals surface area contributed by atoms with Crippen molar-refractivity contribution < 1.29 is 14.3 Å². The van der Waals surface area contributed by atoms with Crippen molar-refractivity contribution in [1.82, 2.24) is 10.3 Å². The minimum Gasteiger partial charge on any atom is -0.456 e. The predicted molar refractivity (Wildman–Crippen MR) is 91.6 cm³/mol. The Morgan fingerprint density at radius 2 is 2.21 bits per heavy atom. The first-order valence-corrected chi connectivity index (χ1v) is 8.07. The van der Waals surface area contributed by atoms with Gasteiger partial charge in [0.05, 0.1) is 18.2 Å². The van der Waals surface area contributed by atoms with Gasteiger partial charge in [0.1, 0.15) is 11.5 Å². The van der Waals surface area contributed by atoms with Crippen molar-refractivity contribution in [3.05, 3.63) is 47.7 Å². The Kier molecular flexibility index (Phi) is 5.63. The largest absolute Gasteiger partial charge is 0.456 e. The molecular formula is C17H18ClN3O3. The number of carbonyl (C=O) groups is 1. The third-order valence-corrected chi connectivity index (χ3v) is 3.82. The van der Waals surface area contributed by atoms with Gasteiger partial charge in [-0.2, -0.15) is 0 Å². The Hall–Kier alpha value is -2.15. The zero-order valence-electron chi connectivity index (χ0n) is 13.0. The van der Waals surface area contributed by atoms with Crippen molar-refractivity contribution >= 4 is 23.2 Å². The van der Waals surface area contributed by atoms with E-state index in [0.717, 1.165) is 6.54 Å². The SMILES string of the molecule is O=C(CC1COCCN1)Nc1ccc(Oc2ccncc2)c(Cl)c1. The molecule has 2 N–H and O–H groups in total. The number of halogens is 1. The van der Waals surface area contributed by atoms with Gasteiger partial charge in [0.25, 0.3) is 0 Å². The molecule has 2 heterocycles. The van der Waals surface area contributed by atoms with Crippen molar-refractivity contribution in [3.63, 3.8) is 0 Å². The molecule has 126 valence electrons. The van der Waals surface area contributed by atoms with Gasteiger partial charge in [0.15, 0.2) is 0 Å². The molecule has 0 spiro atoms. The van der Waals surface area contributed by atoms with Gasteiger partial charge in [-0.3, -0.25) is 9.78 Å². The lowest BCUT2D eigenvalue weighted by atomic mass is 10.2. The van der Waals surface area contributed by atoms with Gasteiger partial charge in [-0.1, -0.05) is 11.6 Å². The number of amides is 1. The minimum absolute atomic E-state index is 0.0449. The van der Waals surface area contributed by atoms with E-state index in [4.69, 9.17) is 21.1 Å². The number of anilines is 1. The third kappa shape index (κ3) is 4.67. The zero-order chi connectivity index (χ0) is 16.8. The lowest BCUT2D eigenvalue weighted by Crippen LogP contribution is -2.43. The molecule has 3 rings (SSSR count). The maximum absolute atomic E-state index is 12.1. The molecule has 1 unspecified atom stereocenters. The fraction of sp³-hybridized carbons (Fsp3) is 0.294. The summed E-state index contributed by atoms with van der Waals surface area (Å²) in [4.78, 5) is 16.0. The van der Waals surface area contributed by atoms with Crippen LogP contribution in [0.25, 0.3) is 0 Å². The average Bonchev–Trinajstić information content (AvgIpc) is 2.59. The number of nitrogens with zero attached hydrogens (tertiary/aromatic N) is 1. The molecule has 1 atom stereocenters. The molecule has 1 aliphatic rings. The summed E-state index contributed by atoms with van der Waals surface area (Å²) in [7, 11) is 0. The highest BCUT2D eigenvalue weighted by Crippen LogP contribution is 2.31. The molecule has 0 saturated carbocycles. The zero-order valence-corrected chi connectivity index (χ0v) is 13.8. The molecule has 24 heavy (non-hydrogen) atoms. The van der Waals surface area contributed by atoms with Crippen LogP contribution in [0.5, 0.6) is 11.5 Å². The van der Waals surface area contributed by atoms with Crippen LogP contribution in [-0.4, -0.2) is 36.7 Å². The molecule has 7 heteroatoms. The van der Waals surface area contributed by atoms with Crippen LogP contribution in [0.3, 0.4) is 0 Å². The second kappa shape index (κ2) is 8.10. The monoisotopic (exact) mass is 347 g/mol. The maximum atomic E-state index is 12.1. The molecule has 0 bridgehead atoms. The van der Waals surface area contributed by atoms with Crippen molar-refractivity contribution in [1.29, 1.82) is 0 Å². The molecule has 1 aromatic carbocycles. The van der Waals surface area contributed by atoms with E-state index in [1.54, 1.807) is 42.7 Å². The van der Waals surface area contributed by atoms with Crippen LogP contribution in [0.4, 0.5) is 5.69 Å². The number of hydrogen-bond acceptors (Lipinski definition) is 5. The van der Waals surface area contributed by atoms with Crippen LogP contribution >= 0.6 is 11.6 Å². The lowest BCUT2D eigenvalue weighted by molar-refractivity contribution is -0.117. The van der Waals surface area contributed by atoms with E-state index >= 15 is 0 Å². The number of morpholine rings is 1. The van der Waals surface area contributed by atoms with E-state index in [-0.39, 0.29) is 11.9 Å². The van der Waals surface area contributed by atoms with E-state index in [2.05, 4.69) is 15.6 Å². The van der Waals surface area contributed by atoms with E-state index in [9.17, 15) is 4.79 Å². The van der Waals surface area contributed by atoms with E-state index in [0.29, 0.717) is 41.8 Å². The summed E-state index contributed by atoms with van der Waals surface area (Å²) in [6.45, 7) is 2.00. The molecule has 1 amide bonds. The Morgan fingerprint density at radius 1 is 1.38 bits per heavy atom. The average molecular weight is 348 g/mol. The fourth-order valence-electron chi connectivity index (χ4n) is 2.38. The second-order valence-corrected chi connectivity index (χ2v) is 5.82. The normalized spacial score (nSPS) is 17.3. The summed E-state index contributed by atoms with van der Waals surface area (Å²) in [5.74, 6) is 1.08. The lowest BCUT2D eigenvalue weighted by Gasteiger charge is -2.23. The number of rotatable bonds is 5. The van der Waals surface area contributed by atoms with Gasteiger partial charge >= 0.3 is 0 Å². The predicted octanol–water partition coefficient (Wildman–Crippen LogP) is 2.84. The second-order valence-electron chi connectivity index (χ2n) is 5.41. The van der Waals surface area contributed by atoms with Gasteiger partial charge in [0.2, 0.25) is 5.91 Å². The summed E-state index contributed by atoms with van der Waals surface area (Å²) in [6.07, 6.45) is 3.63. The van der Waals surface area contributed by atoms with Crippen LogP contribution < -0.4 is 15.4 Å². The first-order valence-electron chi connectivity index (χ1n) is 7.69. The van der Waals surface area contributed by atoms with Gasteiger partial charge in [0, 0.05) is 37.1 Å². The Morgan fingerprint density at radius 3 is 2.92 bits per heavy atom. The number of pyridine rings is 1. The van der Waals surface area contributed by atoms with Crippen molar-refractivity contribution in [2.75, 3.05) is 25.1 Å². The van der Waals surface area contributed by atoms with E-state index in [1.807, 2.05) is 0 Å². The summed E-state index contributed by atoms with van der Waals surface area (Å²) in [5.41, 5.74) is 0.629. The van der Waals surface area contributed by atoms with Crippen molar-refractivity contribution in [3.8, 4) is 11.5 Å². The first kappa shape index (κ1) is 16.7. The molecular weight excluding hydrogens is 330 g/mol. The number of ether oxygens (including phenoxy) is 2. The summed E-state index contributed by atoms with van der Waals surface area (Å²) >= 11 is 6.23. The van der Waals surface area contributed by atoms with Crippen LogP contribution in [0.15, 0.2) is 42.7 Å². The Bertz CT molecular complexity index is 691. The van der Waals surface area contributed by atoms with Crippen LogP contribution in [0, 0.1) is 0 Å². The molecule has 1 saturated heterocycles. The molecule has 0 radical (unpaired) electrons. The first-order chi connectivity index (χ1) is 11.7. The summed E-state index contributed by atoms with van der Waals surface area (Å²) < 4.78 is 11.0. The van der Waals surface area contributed by atoms with Crippen LogP contribution in [0.1, 0.15) is 6.42 Å². The van der Waals surface area contributed by atoms with Gasteiger partial charge in [-0.05, 0) is 30.3 Å². The van der Waals surface area contributed by atoms with Crippen LogP contribution in [0.2, 0.25) is 5.02 Å². The Labute approximate surface area is 145 Å². The Balaban J connectivity index is 1.58. The van der Waals surface area contributed by atoms with E-state index in [1.165, 1.54) is 0 Å². The van der Waals surface area contributed by atoms with E-state index < -0.39 is 0 Å². The highest BCUT2D eigenvalue weighted by molar-refractivity contribution is 6.32. The smallest absolute Gasteiger partial charge is 0.226 e. The molecule has 1 aliphatic heterocycles. The highest BCUT2D eigenvalue weighted by Gasteiger charge is 2.17. The van der Waals surface area contributed by atoms with Gasteiger partial charge in [-0.25, -0.2) is 0 Å². The standard InChI is InChI=1S/C17H18ClN3O3/c18-15-9-12(21-17(22)10-13-11-23-8-7-20-13)1-2-16(15)24-14-3-5-19-6-4-14/h1-6,9,13,20H,7-8,10-11H2,(H,21,22). The fourth-order valence-corrected chi connectivity index (χ4v) is 2.60. The van der Waals surface area contributed by atoms with Crippen molar-refractivity contribution in [2.45, 2.75) is 12.5 Å². The summed E-state index contributed by atoms with van der Waals surface area (Å²) in [6, 6.07) is 8.67. The quantitative estimate of drug-likeness (QED) is 0.870.